The Balaban J connectivity index is 1.16. The Kier molecular flexibility index (Phi) is 7.41. The number of methoxy groups -OCH3 is 1. The van der Waals surface area contributed by atoms with Crippen molar-refractivity contribution in [1.29, 1.82) is 5.26 Å². The fourth-order valence-electron chi connectivity index (χ4n) is 4.58. The van der Waals surface area contributed by atoms with Gasteiger partial charge in [0.05, 0.1) is 42.6 Å². The molecule has 0 bridgehead atoms. The van der Waals surface area contributed by atoms with Crippen LogP contribution in [0.15, 0.2) is 30.5 Å². The van der Waals surface area contributed by atoms with Gasteiger partial charge in [-0.05, 0) is 30.2 Å². The number of benzene rings is 1. The van der Waals surface area contributed by atoms with Crippen molar-refractivity contribution in [2.24, 2.45) is 0 Å². The van der Waals surface area contributed by atoms with E-state index in [9.17, 15) is 9.65 Å². The third-order valence-electron chi connectivity index (χ3n) is 6.37. The first-order valence-electron chi connectivity index (χ1n) is 12.0. The number of morpholine rings is 1. The molecule has 2 aromatic heterocycles. The van der Waals surface area contributed by atoms with Gasteiger partial charge in [-0.1, -0.05) is 0 Å². The molecule has 0 radical (unpaired) electrons. The number of hydrogen-bond donors (Lipinski definition) is 1. The van der Waals surface area contributed by atoms with E-state index >= 15 is 0 Å². The molecule has 3 aromatic rings. The third kappa shape index (κ3) is 5.33. The SMILES string of the molecule is COc1ccc2ncc(F)c(CCN3CCO[C@@H](CNCc4cc(C#N)c5c(c4)OCCO5)C3)c2n1. The number of nitriles is 1. The molecular formula is C26H28FN5O4. The molecule has 5 rings (SSSR count). The summed E-state index contributed by atoms with van der Waals surface area (Å²) in [6.07, 6.45) is 1.77. The summed E-state index contributed by atoms with van der Waals surface area (Å²) in [7, 11) is 1.54. The predicted molar refractivity (Wildman–Crippen MR) is 130 cm³/mol. The van der Waals surface area contributed by atoms with E-state index in [1.165, 1.54) is 6.20 Å². The largest absolute Gasteiger partial charge is 0.486 e. The lowest BCUT2D eigenvalue weighted by Crippen LogP contribution is -2.47. The second-order valence-corrected chi connectivity index (χ2v) is 8.76. The summed E-state index contributed by atoms with van der Waals surface area (Å²) in [6, 6.07) is 9.44. The molecule has 2 aliphatic heterocycles. The number of rotatable bonds is 8. The van der Waals surface area contributed by atoms with E-state index < -0.39 is 0 Å². The maximum Gasteiger partial charge on any atom is 0.213 e. The number of hydrogen-bond acceptors (Lipinski definition) is 9. The molecule has 9 nitrogen and oxygen atoms in total. The molecule has 1 fully saturated rings. The maximum absolute atomic E-state index is 14.6. The van der Waals surface area contributed by atoms with Gasteiger partial charge in [0, 0.05) is 44.4 Å². The van der Waals surface area contributed by atoms with E-state index in [1.54, 1.807) is 19.2 Å². The molecule has 0 spiro atoms. The third-order valence-corrected chi connectivity index (χ3v) is 6.37. The Morgan fingerprint density at radius 3 is 3.00 bits per heavy atom. The summed E-state index contributed by atoms with van der Waals surface area (Å²) in [6.45, 7) is 4.96. The molecule has 36 heavy (non-hydrogen) atoms. The van der Waals surface area contributed by atoms with Gasteiger partial charge in [0.2, 0.25) is 5.88 Å². The summed E-state index contributed by atoms with van der Waals surface area (Å²) in [5.41, 5.74) is 3.16. The smallest absolute Gasteiger partial charge is 0.213 e. The molecule has 1 aromatic carbocycles. The number of aromatic nitrogens is 2. The summed E-state index contributed by atoms with van der Waals surface area (Å²) < 4.78 is 37.0. The van der Waals surface area contributed by atoms with Crippen LogP contribution in [0.5, 0.6) is 17.4 Å². The van der Waals surface area contributed by atoms with Crippen LogP contribution in [0.4, 0.5) is 4.39 Å². The Hall–Kier alpha value is -3.52. The first-order valence-corrected chi connectivity index (χ1v) is 12.0. The zero-order valence-electron chi connectivity index (χ0n) is 20.1. The summed E-state index contributed by atoms with van der Waals surface area (Å²) in [5.74, 6) is 1.21. The summed E-state index contributed by atoms with van der Waals surface area (Å²) in [5, 5.41) is 12.9. The van der Waals surface area contributed by atoms with Crippen molar-refractivity contribution in [3.63, 3.8) is 0 Å². The lowest BCUT2D eigenvalue weighted by molar-refractivity contribution is -0.0267. The molecule has 1 atom stereocenters. The fraction of sp³-hybridized carbons (Fsp3) is 0.423. The zero-order valence-corrected chi connectivity index (χ0v) is 20.1. The van der Waals surface area contributed by atoms with E-state index in [-0.39, 0.29) is 11.9 Å². The lowest BCUT2D eigenvalue weighted by Gasteiger charge is -2.33. The summed E-state index contributed by atoms with van der Waals surface area (Å²) in [4.78, 5) is 10.9. The van der Waals surface area contributed by atoms with E-state index in [0.717, 1.165) is 18.7 Å². The predicted octanol–water partition coefficient (Wildman–Crippen LogP) is 2.45. The fourth-order valence-corrected chi connectivity index (χ4v) is 4.58. The van der Waals surface area contributed by atoms with Crippen molar-refractivity contribution in [1.82, 2.24) is 20.2 Å². The van der Waals surface area contributed by atoms with Crippen molar-refractivity contribution in [3.05, 3.63) is 53.0 Å². The number of ether oxygens (including phenoxy) is 4. The van der Waals surface area contributed by atoms with Gasteiger partial charge in [-0.15, -0.1) is 0 Å². The van der Waals surface area contributed by atoms with Crippen molar-refractivity contribution in [3.8, 4) is 23.4 Å². The van der Waals surface area contributed by atoms with Crippen LogP contribution in [-0.4, -0.2) is 74.1 Å². The van der Waals surface area contributed by atoms with Crippen molar-refractivity contribution in [2.75, 3.05) is 53.1 Å². The van der Waals surface area contributed by atoms with Gasteiger partial charge in [0.1, 0.15) is 25.1 Å². The molecular weight excluding hydrogens is 465 g/mol. The number of fused-ring (bicyclic) bond motifs is 2. The normalized spacial score (nSPS) is 17.6. The molecule has 0 saturated carbocycles. The molecule has 1 saturated heterocycles. The van der Waals surface area contributed by atoms with Crippen LogP contribution in [0.2, 0.25) is 0 Å². The second-order valence-electron chi connectivity index (χ2n) is 8.76. The molecule has 4 heterocycles. The highest BCUT2D eigenvalue weighted by Crippen LogP contribution is 2.34. The van der Waals surface area contributed by atoms with Gasteiger partial charge in [-0.25, -0.2) is 9.37 Å². The highest BCUT2D eigenvalue weighted by molar-refractivity contribution is 5.78. The second kappa shape index (κ2) is 11.0. The van der Waals surface area contributed by atoms with Gasteiger partial charge in [0.25, 0.3) is 0 Å². The monoisotopic (exact) mass is 493 g/mol. The molecule has 0 amide bonds. The molecule has 0 unspecified atom stereocenters. The van der Waals surface area contributed by atoms with Crippen molar-refractivity contribution < 1.29 is 23.3 Å². The number of pyridine rings is 2. The van der Waals surface area contributed by atoms with Crippen LogP contribution in [0.25, 0.3) is 11.0 Å². The first-order chi connectivity index (χ1) is 17.6. The zero-order chi connectivity index (χ0) is 24.9. The maximum atomic E-state index is 14.6. The van der Waals surface area contributed by atoms with Crippen LogP contribution >= 0.6 is 0 Å². The quantitative estimate of drug-likeness (QED) is 0.507. The first kappa shape index (κ1) is 24.2. The Labute approximate surface area is 208 Å². The highest BCUT2D eigenvalue weighted by Gasteiger charge is 2.22. The van der Waals surface area contributed by atoms with Crippen LogP contribution in [0, 0.1) is 17.1 Å². The standard InChI is InChI=1S/C26H28FN5O4/c1-33-24-3-2-22-25(31-24)20(21(27)15-30-22)4-5-32-6-7-34-19(16-32)14-29-13-17-10-18(12-28)26-23(11-17)35-8-9-36-26/h2-3,10-11,15,19,29H,4-9,13-14,16H2,1H3/t19-/m0/s1. The van der Waals surface area contributed by atoms with Gasteiger partial charge in [-0.3, -0.25) is 9.88 Å². The molecule has 1 N–H and O–H groups in total. The Morgan fingerprint density at radius 1 is 1.25 bits per heavy atom. The number of nitrogens with one attached hydrogen (secondary N) is 1. The van der Waals surface area contributed by atoms with Crippen LogP contribution in [-0.2, 0) is 17.7 Å². The number of nitrogens with zero attached hydrogens (tertiary/aromatic N) is 4. The Morgan fingerprint density at radius 2 is 2.14 bits per heavy atom. The van der Waals surface area contributed by atoms with Crippen molar-refractivity contribution >= 4 is 11.0 Å². The molecule has 188 valence electrons. The van der Waals surface area contributed by atoms with E-state index in [4.69, 9.17) is 18.9 Å². The van der Waals surface area contributed by atoms with Crippen LogP contribution in [0.3, 0.4) is 0 Å². The van der Waals surface area contributed by atoms with Crippen LogP contribution < -0.4 is 19.5 Å². The minimum Gasteiger partial charge on any atom is -0.486 e. The Bertz CT molecular complexity index is 1280. The van der Waals surface area contributed by atoms with E-state index in [1.807, 2.05) is 12.1 Å². The van der Waals surface area contributed by atoms with Crippen LogP contribution in [0.1, 0.15) is 16.7 Å². The summed E-state index contributed by atoms with van der Waals surface area (Å²) >= 11 is 0. The van der Waals surface area contributed by atoms with Gasteiger partial charge < -0.3 is 24.3 Å². The molecule has 0 aliphatic carbocycles. The topological polar surface area (TPSA) is 102 Å². The number of halogens is 1. The van der Waals surface area contributed by atoms with Gasteiger partial charge >= 0.3 is 0 Å². The lowest BCUT2D eigenvalue weighted by atomic mass is 10.1. The van der Waals surface area contributed by atoms with E-state index in [0.29, 0.717) is 85.4 Å². The van der Waals surface area contributed by atoms with E-state index in [2.05, 4.69) is 26.3 Å². The van der Waals surface area contributed by atoms with Gasteiger partial charge in [0.15, 0.2) is 11.5 Å². The molecule has 10 heteroatoms. The van der Waals surface area contributed by atoms with Crippen molar-refractivity contribution in [2.45, 2.75) is 19.1 Å². The highest BCUT2D eigenvalue weighted by atomic mass is 19.1. The molecule has 2 aliphatic rings. The minimum atomic E-state index is -0.356. The average molecular weight is 494 g/mol. The minimum absolute atomic E-state index is 0.00338. The average Bonchev–Trinajstić information content (AvgIpc) is 2.92. The van der Waals surface area contributed by atoms with Gasteiger partial charge in [-0.2, -0.15) is 5.26 Å².